The van der Waals surface area contributed by atoms with Gasteiger partial charge in [0.2, 0.25) is 0 Å². The number of rotatable bonds is 7. The molecule has 2 nitrogen and oxygen atoms in total. The molecule has 1 aromatic rings. The predicted octanol–water partition coefficient (Wildman–Crippen LogP) is 4.80. The van der Waals surface area contributed by atoms with Gasteiger partial charge in [-0.1, -0.05) is 13.8 Å². The molecule has 0 radical (unpaired) electrons. The average Bonchev–Trinajstić information content (AvgIpc) is 2.36. The summed E-state index contributed by atoms with van der Waals surface area (Å²) in [4.78, 5) is 0. The van der Waals surface area contributed by atoms with Gasteiger partial charge in [0.1, 0.15) is 11.2 Å². The Bertz CT molecular complexity index is 428. The lowest BCUT2D eigenvalue weighted by Gasteiger charge is -2.18. The summed E-state index contributed by atoms with van der Waals surface area (Å²) in [6, 6.07) is 4.26. The zero-order chi connectivity index (χ0) is 14.3. The van der Waals surface area contributed by atoms with Gasteiger partial charge in [0.05, 0.1) is 6.61 Å². The van der Waals surface area contributed by atoms with E-state index in [4.69, 9.17) is 10.00 Å². The van der Waals surface area contributed by atoms with Gasteiger partial charge in [-0.2, -0.15) is 5.26 Å². The second-order valence-electron chi connectivity index (χ2n) is 4.95. The fraction of sp³-hybridized carbons (Fsp3) is 0.562. The van der Waals surface area contributed by atoms with Crippen molar-refractivity contribution in [2.45, 2.75) is 46.5 Å². The van der Waals surface area contributed by atoms with Crippen molar-refractivity contribution in [2.75, 3.05) is 12.4 Å². The van der Waals surface area contributed by atoms with Crippen LogP contribution in [-0.2, 0) is 0 Å². The van der Waals surface area contributed by atoms with Crippen molar-refractivity contribution < 1.29 is 4.74 Å². The molecule has 0 saturated carbocycles. The van der Waals surface area contributed by atoms with Gasteiger partial charge in [0, 0.05) is 5.75 Å². The van der Waals surface area contributed by atoms with E-state index in [-0.39, 0.29) is 0 Å². The van der Waals surface area contributed by atoms with Gasteiger partial charge in [-0.15, -0.1) is 0 Å². The molecule has 104 valence electrons. The SMILES string of the molecule is CCCOc1cc(C)c(C(C)CCSC#N)c(C)c1. The van der Waals surface area contributed by atoms with Crippen LogP contribution in [0, 0.1) is 24.5 Å². The molecular weight excluding hydrogens is 254 g/mol. The molecule has 0 aliphatic carbocycles. The highest BCUT2D eigenvalue weighted by atomic mass is 32.2. The number of hydrogen-bond donors (Lipinski definition) is 0. The third kappa shape index (κ3) is 4.80. The highest BCUT2D eigenvalue weighted by Crippen LogP contribution is 2.30. The molecule has 0 N–H and O–H groups in total. The van der Waals surface area contributed by atoms with Crippen molar-refractivity contribution in [3.8, 4) is 11.2 Å². The summed E-state index contributed by atoms with van der Waals surface area (Å²) in [6.45, 7) is 9.42. The van der Waals surface area contributed by atoms with E-state index in [1.807, 2.05) is 0 Å². The summed E-state index contributed by atoms with van der Waals surface area (Å²) in [6.07, 6.45) is 2.07. The van der Waals surface area contributed by atoms with E-state index in [1.54, 1.807) is 0 Å². The summed E-state index contributed by atoms with van der Waals surface area (Å²) in [5, 5.41) is 10.7. The molecular formula is C16H23NOS. The normalized spacial score (nSPS) is 11.9. The van der Waals surface area contributed by atoms with Crippen LogP contribution in [0.4, 0.5) is 0 Å². The first kappa shape index (κ1) is 15.9. The molecule has 0 aliphatic heterocycles. The van der Waals surface area contributed by atoms with Gasteiger partial charge in [-0.3, -0.25) is 0 Å². The highest BCUT2D eigenvalue weighted by Gasteiger charge is 2.13. The third-order valence-electron chi connectivity index (χ3n) is 3.25. The Morgan fingerprint density at radius 2 is 1.95 bits per heavy atom. The lowest BCUT2D eigenvalue weighted by molar-refractivity contribution is 0.317. The van der Waals surface area contributed by atoms with Gasteiger partial charge in [-0.05, 0) is 73.2 Å². The second kappa shape index (κ2) is 8.12. The van der Waals surface area contributed by atoms with E-state index >= 15 is 0 Å². The summed E-state index contributed by atoms with van der Waals surface area (Å²) >= 11 is 1.34. The molecule has 1 atom stereocenters. The zero-order valence-corrected chi connectivity index (χ0v) is 13.1. The van der Waals surface area contributed by atoms with Crippen LogP contribution in [0.5, 0.6) is 5.75 Å². The highest BCUT2D eigenvalue weighted by molar-refractivity contribution is 8.03. The smallest absolute Gasteiger partial charge is 0.133 e. The number of nitriles is 1. The summed E-state index contributed by atoms with van der Waals surface area (Å²) < 4.78 is 5.70. The van der Waals surface area contributed by atoms with E-state index in [1.165, 1.54) is 28.5 Å². The number of ether oxygens (including phenoxy) is 1. The molecule has 0 spiro atoms. The quantitative estimate of drug-likeness (QED) is 0.530. The van der Waals surface area contributed by atoms with E-state index in [9.17, 15) is 0 Å². The van der Waals surface area contributed by atoms with Crippen molar-refractivity contribution in [1.29, 1.82) is 5.26 Å². The zero-order valence-electron chi connectivity index (χ0n) is 12.3. The maximum Gasteiger partial charge on any atom is 0.133 e. The van der Waals surface area contributed by atoms with Crippen LogP contribution < -0.4 is 4.74 Å². The van der Waals surface area contributed by atoms with Gasteiger partial charge >= 0.3 is 0 Å². The number of aryl methyl sites for hydroxylation is 2. The average molecular weight is 277 g/mol. The molecule has 0 aromatic heterocycles. The van der Waals surface area contributed by atoms with E-state index < -0.39 is 0 Å². The first-order valence-electron chi connectivity index (χ1n) is 6.85. The standard InChI is InChI=1S/C16H23NOS/c1-5-7-18-15-9-13(3)16(14(4)10-15)12(2)6-8-19-11-17/h9-10,12H,5-8H2,1-4H3. The Hall–Kier alpha value is -1.14. The van der Waals surface area contributed by atoms with Gasteiger partial charge < -0.3 is 4.74 Å². The van der Waals surface area contributed by atoms with Crippen molar-refractivity contribution in [3.63, 3.8) is 0 Å². The van der Waals surface area contributed by atoms with Crippen LogP contribution in [0.25, 0.3) is 0 Å². The lowest BCUT2D eigenvalue weighted by atomic mass is 9.90. The number of hydrogen-bond acceptors (Lipinski definition) is 3. The molecule has 0 bridgehead atoms. The van der Waals surface area contributed by atoms with Crippen LogP contribution in [0.1, 0.15) is 49.3 Å². The minimum absolute atomic E-state index is 0.487. The Morgan fingerprint density at radius 3 is 2.47 bits per heavy atom. The molecule has 0 saturated heterocycles. The molecule has 1 aromatic carbocycles. The van der Waals surface area contributed by atoms with E-state index in [0.29, 0.717) is 5.92 Å². The Labute approximate surface area is 121 Å². The Balaban J connectivity index is 2.81. The second-order valence-corrected chi connectivity index (χ2v) is 5.83. The number of thioether (sulfide) groups is 1. The topological polar surface area (TPSA) is 33.0 Å². The minimum atomic E-state index is 0.487. The maximum absolute atomic E-state index is 8.57. The van der Waals surface area contributed by atoms with E-state index in [0.717, 1.165) is 31.0 Å². The van der Waals surface area contributed by atoms with Crippen LogP contribution >= 0.6 is 11.8 Å². The predicted molar refractivity (Wildman–Crippen MR) is 82.8 cm³/mol. The number of nitrogens with zero attached hydrogens (tertiary/aromatic N) is 1. The Kier molecular flexibility index (Phi) is 6.80. The number of thiocyanates is 1. The van der Waals surface area contributed by atoms with Crippen LogP contribution in [0.3, 0.4) is 0 Å². The fourth-order valence-corrected chi connectivity index (χ4v) is 3.00. The summed E-state index contributed by atoms with van der Waals surface area (Å²) in [7, 11) is 0. The fourth-order valence-electron chi connectivity index (χ4n) is 2.44. The van der Waals surface area contributed by atoms with Gasteiger partial charge in [-0.25, -0.2) is 0 Å². The summed E-state index contributed by atoms with van der Waals surface area (Å²) in [5.74, 6) is 2.35. The number of benzene rings is 1. The maximum atomic E-state index is 8.57. The van der Waals surface area contributed by atoms with Crippen LogP contribution in [0.15, 0.2) is 12.1 Å². The lowest BCUT2D eigenvalue weighted by Crippen LogP contribution is -2.03. The van der Waals surface area contributed by atoms with Crippen LogP contribution in [0.2, 0.25) is 0 Å². The minimum Gasteiger partial charge on any atom is -0.494 e. The van der Waals surface area contributed by atoms with Gasteiger partial charge in [0.25, 0.3) is 0 Å². The van der Waals surface area contributed by atoms with Crippen molar-refractivity contribution in [2.24, 2.45) is 0 Å². The van der Waals surface area contributed by atoms with E-state index in [2.05, 4.69) is 45.2 Å². The first-order chi connectivity index (χ1) is 9.10. The molecule has 19 heavy (non-hydrogen) atoms. The van der Waals surface area contributed by atoms with Crippen molar-refractivity contribution in [1.82, 2.24) is 0 Å². The molecule has 3 heteroatoms. The Morgan fingerprint density at radius 1 is 1.32 bits per heavy atom. The third-order valence-corrected chi connectivity index (χ3v) is 3.82. The molecule has 0 aliphatic rings. The van der Waals surface area contributed by atoms with Gasteiger partial charge in [0.15, 0.2) is 0 Å². The monoisotopic (exact) mass is 277 g/mol. The summed E-state index contributed by atoms with van der Waals surface area (Å²) in [5.41, 5.74) is 3.99. The van der Waals surface area contributed by atoms with Crippen molar-refractivity contribution >= 4 is 11.8 Å². The first-order valence-corrected chi connectivity index (χ1v) is 7.83. The molecule has 1 unspecified atom stereocenters. The molecule has 0 heterocycles. The van der Waals surface area contributed by atoms with Crippen LogP contribution in [-0.4, -0.2) is 12.4 Å². The molecule has 1 rings (SSSR count). The van der Waals surface area contributed by atoms with Crippen molar-refractivity contribution in [3.05, 3.63) is 28.8 Å². The molecule has 0 fully saturated rings. The largest absolute Gasteiger partial charge is 0.494 e. The molecule has 0 amide bonds.